The van der Waals surface area contributed by atoms with E-state index in [0.717, 1.165) is 16.4 Å². The highest BCUT2D eigenvalue weighted by Crippen LogP contribution is 2.18. The van der Waals surface area contributed by atoms with Gasteiger partial charge in [-0.1, -0.05) is 6.07 Å². The molecule has 0 amide bonds. The van der Waals surface area contributed by atoms with Crippen molar-refractivity contribution in [2.75, 3.05) is 0 Å². The van der Waals surface area contributed by atoms with E-state index >= 15 is 0 Å². The molecule has 0 aliphatic carbocycles. The fourth-order valence-corrected chi connectivity index (χ4v) is 1.36. The highest BCUT2D eigenvalue weighted by molar-refractivity contribution is 5.89. The molecule has 0 unspecified atom stereocenters. The molecule has 1 N–H and O–H groups in total. The molecule has 2 aromatic heterocycles. The molecular formula is C10H8N4O4. The van der Waals surface area contributed by atoms with E-state index in [1.165, 1.54) is 0 Å². The molecule has 0 saturated carbocycles. The third-order valence-corrected chi connectivity index (χ3v) is 2.22. The molecule has 0 bridgehead atoms. The second-order valence-electron chi connectivity index (χ2n) is 3.56. The van der Waals surface area contributed by atoms with E-state index in [1.807, 2.05) is 6.92 Å². The second-order valence-corrected chi connectivity index (χ2v) is 3.56. The minimum Gasteiger partial charge on any atom is -0.476 e. The van der Waals surface area contributed by atoms with Crippen LogP contribution in [0, 0.1) is 17.0 Å². The van der Waals surface area contributed by atoms with Crippen LogP contribution >= 0.6 is 0 Å². The van der Waals surface area contributed by atoms with Gasteiger partial charge in [-0.2, -0.15) is 5.10 Å². The van der Waals surface area contributed by atoms with Gasteiger partial charge in [-0.3, -0.25) is 10.1 Å². The minimum absolute atomic E-state index is 0.316. The van der Waals surface area contributed by atoms with Crippen molar-refractivity contribution in [2.24, 2.45) is 0 Å². The number of nitro groups is 1. The van der Waals surface area contributed by atoms with Crippen LogP contribution in [-0.2, 0) is 0 Å². The second kappa shape index (κ2) is 4.24. The van der Waals surface area contributed by atoms with E-state index in [0.29, 0.717) is 5.82 Å². The van der Waals surface area contributed by atoms with Crippen LogP contribution in [0.4, 0.5) is 5.69 Å². The van der Waals surface area contributed by atoms with E-state index in [2.05, 4.69) is 10.1 Å². The number of aromatic carboxylic acids is 1. The molecule has 92 valence electrons. The summed E-state index contributed by atoms with van der Waals surface area (Å²) < 4.78 is 1.07. The molecule has 0 atom stereocenters. The summed E-state index contributed by atoms with van der Waals surface area (Å²) in [4.78, 5) is 24.7. The Hall–Kier alpha value is -2.77. The molecule has 8 nitrogen and oxygen atoms in total. The summed E-state index contributed by atoms with van der Waals surface area (Å²) >= 11 is 0. The molecule has 0 saturated heterocycles. The Morgan fingerprint density at radius 2 is 2.22 bits per heavy atom. The lowest BCUT2D eigenvalue weighted by Gasteiger charge is -1.98. The van der Waals surface area contributed by atoms with Gasteiger partial charge in [-0.05, 0) is 18.6 Å². The zero-order valence-corrected chi connectivity index (χ0v) is 9.27. The average molecular weight is 248 g/mol. The van der Waals surface area contributed by atoms with Crippen LogP contribution in [-0.4, -0.2) is 30.8 Å². The van der Waals surface area contributed by atoms with E-state index in [-0.39, 0.29) is 0 Å². The molecular weight excluding hydrogens is 240 g/mol. The first kappa shape index (κ1) is 11.7. The number of hydrogen-bond acceptors (Lipinski definition) is 5. The lowest BCUT2D eigenvalue weighted by Crippen LogP contribution is -2.03. The molecule has 0 aliphatic heterocycles. The van der Waals surface area contributed by atoms with Gasteiger partial charge in [-0.25, -0.2) is 14.5 Å². The van der Waals surface area contributed by atoms with Gasteiger partial charge in [0.25, 0.3) is 0 Å². The average Bonchev–Trinajstić information content (AvgIpc) is 2.75. The molecule has 2 heterocycles. The van der Waals surface area contributed by atoms with E-state index in [4.69, 9.17) is 5.11 Å². The third kappa shape index (κ3) is 2.03. The normalized spacial score (nSPS) is 10.3. The summed E-state index contributed by atoms with van der Waals surface area (Å²) in [6.07, 6.45) is 2.59. The van der Waals surface area contributed by atoms with Crippen LogP contribution in [0.15, 0.2) is 24.5 Å². The Balaban J connectivity index is 2.53. The zero-order valence-electron chi connectivity index (χ0n) is 9.27. The lowest BCUT2D eigenvalue weighted by atomic mass is 10.3. The van der Waals surface area contributed by atoms with Crippen LogP contribution in [0.3, 0.4) is 0 Å². The fourth-order valence-electron chi connectivity index (χ4n) is 1.36. The third-order valence-electron chi connectivity index (χ3n) is 2.22. The Labute approximate surface area is 101 Å². The van der Waals surface area contributed by atoms with Gasteiger partial charge in [0.05, 0.1) is 4.92 Å². The van der Waals surface area contributed by atoms with Gasteiger partial charge in [0.2, 0.25) is 5.69 Å². The van der Waals surface area contributed by atoms with Crippen molar-refractivity contribution in [3.63, 3.8) is 0 Å². The number of carboxylic acids is 1. The molecule has 18 heavy (non-hydrogen) atoms. The first-order valence-electron chi connectivity index (χ1n) is 4.89. The van der Waals surface area contributed by atoms with E-state index < -0.39 is 22.3 Å². The maximum atomic E-state index is 10.8. The number of pyridine rings is 1. The fraction of sp³-hybridized carbons (Fsp3) is 0.100. The van der Waals surface area contributed by atoms with Crippen molar-refractivity contribution in [2.45, 2.75) is 6.92 Å². The van der Waals surface area contributed by atoms with Gasteiger partial charge in [-0.15, -0.1) is 0 Å². The maximum Gasteiger partial charge on any atom is 0.363 e. The molecule has 2 aromatic rings. The van der Waals surface area contributed by atoms with Gasteiger partial charge in [0.15, 0.2) is 5.82 Å². The Bertz CT molecular complexity index is 586. The predicted octanol–water partition coefficient (Wildman–Crippen LogP) is 1.18. The SMILES string of the molecule is Cc1ccc(-n2cc([N+](=O)[O-])c(C(=O)O)n2)nc1. The van der Waals surface area contributed by atoms with Crippen molar-refractivity contribution in [3.05, 3.63) is 45.9 Å². The van der Waals surface area contributed by atoms with E-state index in [9.17, 15) is 14.9 Å². The summed E-state index contributed by atoms with van der Waals surface area (Å²) in [5.74, 6) is -1.14. The van der Waals surface area contributed by atoms with Crippen LogP contribution < -0.4 is 0 Å². The van der Waals surface area contributed by atoms with Gasteiger partial charge < -0.3 is 5.11 Å². The maximum absolute atomic E-state index is 10.8. The number of hydrogen-bond donors (Lipinski definition) is 1. The number of aryl methyl sites for hydroxylation is 1. The number of aromatic nitrogens is 3. The summed E-state index contributed by atoms with van der Waals surface area (Å²) in [7, 11) is 0. The summed E-state index contributed by atoms with van der Waals surface area (Å²) in [5, 5.41) is 23.2. The van der Waals surface area contributed by atoms with Crippen molar-refractivity contribution >= 4 is 11.7 Å². The van der Waals surface area contributed by atoms with Crippen LogP contribution in [0.1, 0.15) is 16.1 Å². The van der Waals surface area contributed by atoms with Gasteiger partial charge >= 0.3 is 11.7 Å². The van der Waals surface area contributed by atoms with Crippen molar-refractivity contribution in [1.29, 1.82) is 0 Å². The summed E-state index contributed by atoms with van der Waals surface area (Å²) in [6, 6.07) is 3.34. The Kier molecular flexibility index (Phi) is 2.76. The Morgan fingerprint density at radius 1 is 1.50 bits per heavy atom. The molecule has 0 spiro atoms. The van der Waals surface area contributed by atoms with Crippen molar-refractivity contribution < 1.29 is 14.8 Å². The quantitative estimate of drug-likeness (QED) is 0.644. The van der Waals surface area contributed by atoms with Gasteiger partial charge in [0, 0.05) is 6.20 Å². The van der Waals surface area contributed by atoms with Crippen LogP contribution in [0.2, 0.25) is 0 Å². The van der Waals surface area contributed by atoms with Gasteiger partial charge in [0.1, 0.15) is 6.20 Å². The highest BCUT2D eigenvalue weighted by Gasteiger charge is 2.25. The van der Waals surface area contributed by atoms with Crippen LogP contribution in [0.5, 0.6) is 0 Å². The van der Waals surface area contributed by atoms with Crippen molar-refractivity contribution in [3.8, 4) is 5.82 Å². The van der Waals surface area contributed by atoms with E-state index in [1.54, 1.807) is 18.3 Å². The number of carbonyl (C=O) groups is 1. The monoisotopic (exact) mass is 248 g/mol. The largest absolute Gasteiger partial charge is 0.476 e. The zero-order chi connectivity index (χ0) is 13.3. The molecule has 0 fully saturated rings. The molecule has 0 aliphatic rings. The smallest absolute Gasteiger partial charge is 0.363 e. The number of rotatable bonds is 3. The standard InChI is InChI=1S/C10H8N4O4/c1-6-2-3-8(11-4-6)13-5-7(14(17)18)9(12-13)10(15)16/h2-5H,1H3,(H,15,16). The molecule has 0 radical (unpaired) electrons. The number of carboxylic acid groups (broad SMARTS) is 1. The first-order valence-corrected chi connectivity index (χ1v) is 4.89. The minimum atomic E-state index is -1.45. The highest BCUT2D eigenvalue weighted by atomic mass is 16.6. The molecule has 2 rings (SSSR count). The summed E-state index contributed by atoms with van der Waals surface area (Å²) in [5.41, 5.74) is -0.258. The predicted molar refractivity (Wildman–Crippen MR) is 59.7 cm³/mol. The topological polar surface area (TPSA) is 111 Å². The lowest BCUT2D eigenvalue weighted by molar-refractivity contribution is -0.385. The van der Waals surface area contributed by atoms with Crippen LogP contribution in [0.25, 0.3) is 5.82 Å². The summed E-state index contributed by atoms with van der Waals surface area (Å²) in [6.45, 7) is 1.84. The molecule has 0 aromatic carbocycles. The Morgan fingerprint density at radius 3 is 2.67 bits per heavy atom. The van der Waals surface area contributed by atoms with Crippen molar-refractivity contribution in [1.82, 2.24) is 14.8 Å². The number of nitrogens with zero attached hydrogens (tertiary/aromatic N) is 4. The molecule has 8 heteroatoms. The first-order chi connectivity index (χ1) is 8.49.